The van der Waals surface area contributed by atoms with E-state index in [4.69, 9.17) is 4.74 Å². The maximum Gasteiger partial charge on any atom is 0.586 e. The fraction of sp³-hybridized carbons (Fsp3) is 0.316. The maximum absolute atomic E-state index is 13.1. The van der Waals surface area contributed by atoms with Crippen molar-refractivity contribution >= 4 is 11.6 Å². The summed E-state index contributed by atoms with van der Waals surface area (Å²) in [6, 6.07) is 8.46. The number of hydrogen-bond acceptors (Lipinski definition) is 5. The number of carbonyl (C=O) groups is 1. The van der Waals surface area contributed by atoms with Crippen LogP contribution in [-0.2, 0) is 11.3 Å². The van der Waals surface area contributed by atoms with E-state index in [0.29, 0.717) is 6.54 Å². The zero-order chi connectivity index (χ0) is 21.9. The average molecular weight is 431 g/mol. The molecule has 2 aromatic rings. The number of alkyl halides is 4. The maximum atomic E-state index is 13.1. The summed E-state index contributed by atoms with van der Waals surface area (Å²) >= 11 is 0. The quantitative estimate of drug-likeness (QED) is 0.628. The number of rotatable bonds is 8. The van der Waals surface area contributed by atoms with Crippen molar-refractivity contribution in [3.05, 3.63) is 42.0 Å². The predicted molar refractivity (Wildman–Crippen MR) is 96.4 cm³/mol. The van der Waals surface area contributed by atoms with E-state index >= 15 is 0 Å². The van der Waals surface area contributed by atoms with Crippen molar-refractivity contribution in [1.29, 1.82) is 0 Å². The van der Waals surface area contributed by atoms with Gasteiger partial charge in [-0.25, -0.2) is 0 Å². The lowest BCUT2D eigenvalue weighted by molar-refractivity contribution is -0.885. The smallest absolute Gasteiger partial charge is 0.493 e. The molecule has 1 amide bonds. The number of nitrogens with one attached hydrogen (secondary N) is 2. The van der Waals surface area contributed by atoms with Crippen LogP contribution in [0.2, 0.25) is 0 Å². The molecule has 30 heavy (non-hydrogen) atoms. The van der Waals surface area contributed by atoms with Gasteiger partial charge in [0.15, 0.2) is 29.5 Å². The van der Waals surface area contributed by atoms with Crippen LogP contribution in [0.4, 0.5) is 23.2 Å². The fourth-order valence-corrected chi connectivity index (χ4v) is 2.93. The number of carbonyl (C=O) groups excluding carboxylic acids is 1. The molecular formula is C19H19F4N2O5+. The van der Waals surface area contributed by atoms with Crippen LogP contribution >= 0.6 is 0 Å². The van der Waals surface area contributed by atoms with Crippen molar-refractivity contribution in [2.45, 2.75) is 19.5 Å². The number of amides is 1. The fourth-order valence-electron chi connectivity index (χ4n) is 2.93. The molecule has 2 N–H and O–H groups in total. The van der Waals surface area contributed by atoms with Crippen LogP contribution in [-0.4, -0.2) is 39.5 Å². The minimum Gasteiger partial charge on any atom is -0.493 e. The molecule has 1 heterocycles. The van der Waals surface area contributed by atoms with Gasteiger partial charge in [-0.2, -0.15) is 8.78 Å². The van der Waals surface area contributed by atoms with Gasteiger partial charge in [-0.05, 0) is 30.3 Å². The highest BCUT2D eigenvalue weighted by Gasteiger charge is 2.43. The molecule has 0 aliphatic carbocycles. The highest BCUT2D eigenvalue weighted by Crippen LogP contribution is 2.42. The lowest BCUT2D eigenvalue weighted by Gasteiger charge is -2.16. The van der Waals surface area contributed by atoms with Gasteiger partial charge in [0.25, 0.3) is 5.91 Å². The van der Waals surface area contributed by atoms with Gasteiger partial charge in [-0.3, -0.25) is 4.79 Å². The molecule has 1 unspecified atom stereocenters. The van der Waals surface area contributed by atoms with Crippen LogP contribution in [0, 0.1) is 0 Å². The van der Waals surface area contributed by atoms with E-state index in [1.807, 2.05) is 0 Å². The Kier molecular flexibility index (Phi) is 6.20. The first-order valence-electron chi connectivity index (χ1n) is 8.78. The predicted octanol–water partition coefficient (Wildman–Crippen LogP) is 2.27. The summed E-state index contributed by atoms with van der Waals surface area (Å²) in [6.07, 6.45) is -3.73. The molecule has 3 rings (SSSR count). The molecule has 2 aromatic carbocycles. The summed E-state index contributed by atoms with van der Waals surface area (Å²) in [7, 11) is 3.10. The summed E-state index contributed by atoms with van der Waals surface area (Å²) in [5, 5.41) is 2.60. The number of benzene rings is 2. The Morgan fingerprint density at radius 2 is 1.87 bits per heavy atom. The van der Waals surface area contributed by atoms with E-state index in [1.165, 1.54) is 31.4 Å². The van der Waals surface area contributed by atoms with E-state index < -0.39 is 12.9 Å². The Balaban J connectivity index is 1.56. The standard InChI is InChI=1S/C19H18F4N2O5/c1-25(9-11-3-5-13(28-18(20)21)15(7-11)27-2)10-17(26)24-12-4-6-14-16(8-12)30-19(22,23)29-14/h3-8,18H,9-10H2,1-2H3,(H,24,26)/p+1. The van der Waals surface area contributed by atoms with Crippen molar-refractivity contribution in [3.63, 3.8) is 0 Å². The number of ether oxygens (including phenoxy) is 4. The lowest BCUT2D eigenvalue weighted by Crippen LogP contribution is -3.08. The largest absolute Gasteiger partial charge is 0.586 e. The van der Waals surface area contributed by atoms with Gasteiger partial charge in [0.1, 0.15) is 6.54 Å². The second-order valence-corrected chi connectivity index (χ2v) is 6.55. The number of quaternary nitrogens is 1. The van der Waals surface area contributed by atoms with Gasteiger partial charge in [-0.15, -0.1) is 8.78 Å². The average Bonchev–Trinajstić information content (AvgIpc) is 2.95. The minimum atomic E-state index is -3.73. The van der Waals surface area contributed by atoms with Gasteiger partial charge >= 0.3 is 12.9 Å². The number of halogens is 4. The second-order valence-electron chi connectivity index (χ2n) is 6.55. The molecule has 0 bridgehead atoms. The Hall–Kier alpha value is -3.21. The summed E-state index contributed by atoms with van der Waals surface area (Å²) in [6.45, 7) is -2.52. The molecule has 0 saturated heterocycles. The molecule has 0 fully saturated rings. The van der Waals surface area contributed by atoms with Gasteiger partial charge in [0.05, 0.1) is 14.2 Å². The molecule has 0 aromatic heterocycles. The first kappa shape index (κ1) is 21.5. The summed E-state index contributed by atoms with van der Waals surface area (Å²) in [5.74, 6) is -0.573. The number of methoxy groups -OCH3 is 1. The molecule has 11 heteroatoms. The third kappa shape index (κ3) is 5.44. The lowest BCUT2D eigenvalue weighted by atomic mass is 10.2. The summed E-state index contributed by atoms with van der Waals surface area (Å²) in [5.41, 5.74) is 1.02. The first-order chi connectivity index (χ1) is 14.1. The number of anilines is 1. The number of likely N-dealkylation sites (N-methyl/N-ethyl adjacent to an activating group) is 1. The molecule has 7 nitrogen and oxygen atoms in total. The second kappa shape index (κ2) is 8.66. The molecular weight excluding hydrogens is 412 g/mol. The highest BCUT2D eigenvalue weighted by molar-refractivity contribution is 5.91. The first-order valence-corrected chi connectivity index (χ1v) is 8.78. The van der Waals surface area contributed by atoms with Crippen molar-refractivity contribution in [1.82, 2.24) is 0 Å². The molecule has 1 aliphatic rings. The van der Waals surface area contributed by atoms with Crippen LogP contribution in [0.15, 0.2) is 36.4 Å². The molecule has 0 radical (unpaired) electrons. The molecule has 1 aliphatic heterocycles. The molecule has 0 spiro atoms. The molecule has 162 valence electrons. The van der Waals surface area contributed by atoms with Gasteiger partial charge < -0.3 is 29.2 Å². The van der Waals surface area contributed by atoms with Crippen LogP contribution < -0.4 is 29.2 Å². The van der Waals surface area contributed by atoms with Gasteiger partial charge in [0, 0.05) is 17.3 Å². The van der Waals surface area contributed by atoms with Crippen molar-refractivity contribution in [2.24, 2.45) is 0 Å². The SMILES string of the molecule is COc1cc(C[NH+](C)CC(=O)Nc2ccc3c(c2)OC(F)(F)O3)ccc1OC(F)F. The Morgan fingerprint density at radius 1 is 1.13 bits per heavy atom. The Bertz CT molecular complexity index is 926. The van der Waals surface area contributed by atoms with Crippen LogP contribution in [0.5, 0.6) is 23.0 Å². The number of fused-ring (bicyclic) bond motifs is 1. The molecule has 0 saturated carbocycles. The third-order valence-corrected chi connectivity index (χ3v) is 4.10. The van der Waals surface area contributed by atoms with E-state index in [9.17, 15) is 22.4 Å². The van der Waals surface area contributed by atoms with E-state index in [1.54, 1.807) is 19.2 Å². The summed E-state index contributed by atoms with van der Waals surface area (Å²) in [4.78, 5) is 13.0. The summed E-state index contributed by atoms with van der Waals surface area (Å²) < 4.78 is 69.0. The normalized spacial score (nSPS) is 15.0. The van der Waals surface area contributed by atoms with E-state index in [2.05, 4.69) is 19.5 Å². The minimum absolute atomic E-state index is 0.0577. The van der Waals surface area contributed by atoms with Crippen molar-refractivity contribution in [2.75, 3.05) is 26.0 Å². The van der Waals surface area contributed by atoms with Gasteiger partial charge in [0.2, 0.25) is 0 Å². The highest BCUT2D eigenvalue weighted by atomic mass is 19.3. The third-order valence-electron chi connectivity index (χ3n) is 4.10. The monoisotopic (exact) mass is 431 g/mol. The van der Waals surface area contributed by atoms with Crippen molar-refractivity contribution in [3.8, 4) is 23.0 Å². The van der Waals surface area contributed by atoms with Gasteiger partial charge in [-0.1, -0.05) is 0 Å². The Labute approximate surface area is 169 Å². The van der Waals surface area contributed by atoms with E-state index in [-0.39, 0.29) is 41.1 Å². The molecule has 1 atom stereocenters. The van der Waals surface area contributed by atoms with Crippen LogP contribution in [0.1, 0.15) is 5.56 Å². The van der Waals surface area contributed by atoms with Crippen LogP contribution in [0.3, 0.4) is 0 Å². The Morgan fingerprint density at radius 3 is 2.57 bits per heavy atom. The topological polar surface area (TPSA) is 70.5 Å². The zero-order valence-electron chi connectivity index (χ0n) is 16.0. The van der Waals surface area contributed by atoms with E-state index in [0.717, 1.165) is 10.5 Å². The van der Waals surface area contributed by atoms with Crippen molar-refractivity contribution < 1.29 is 46.2 Å². The number of hydrogen-bond donors (Lipinski definition) is 2. The zero-order valence-corrected chi connectivity index (χ0v) is 16.0. The van der Waals surface area contributed by atoms with Crippen LogP contribution in [0.25, 0.3) is 0 Å².